The average Bonchev–Trinajstić information content (AvgIpc) is 2.79. The van der Waals surface area contributed by atoms with Gasteiger partial charge < -0.3 is 9.88 Å². The molecule has 0 bridgehead atoms. The van der Waals surface area contributed by atoms with Crippen molar-refractivity contribution in [3.05, 3.63) is 50.3 Å². The van der Waals surface area contributed by atoms with E-state index in [2.05, 4.69) is 92.0 Å². The Hall–Kier alpha value is -0.490. The third kappa shape index (κ3) is 3.75. The molecule has 0 spiro atoms. The van der Waals surface area contributed by atoms with E-state index in [0.717, 1.165) is 17.6 Å². The van der Waals surface area contributed by atoms with Crippen molar-refractivity contribution in [2.24, 2.45) is 0 Å². The highest BCUT2D eigenvalue weighted by atomic mass is 127. The fraction of sp³-hybridized carbons (Fsp3) is 0.286. The van der Waals surface area contributed by atoms with Crippen LogP contribution in [0.5, 0.6) is 0 Å². The summed E-state index contributed by atoms with van der Waals surface area (Å²) in [5, 5.41) is 3.47. The summed E-state index contributed by atoms with van der Waals surface area (Å²) < 4.78 is 4.58. The van der Waals surface area contributed by atoms with E-state index in [-0.39, 0.29) is 0 Å². The highest BCUT2D eigenvalue weighted by Gasteiger charge is 2.01. The zero-order chi connectivity index (χ0) is 13.0. The molecule has 4 heteroatoms. The average molecular weight is 419 g/mol. The molecule has 0 unspecified atom stereocenters. The molecule has 0 aliphatic heterocycles. The molecule has 0 fully saturated rings. The van der Waals surface area contributed by atoms with Crippen LogP contribution in [-0.4, -0.2) is 4.57 Å². The first-order chi connectivity index (χ1) is 8.69. The lowest BCUT2D eigenvalue weighted by Gasteiger charge is -2.08. The van der Waals surface area contributed by atoms with Crippen LogP contribution < -0.4 is 5.32 Å². The molecule has 0 atom stereocenters. The molecule has 0 saturated carbocycles. The molecule has 0 amide bonds. The lowest BCUT2D eigenvalue weighted by atomic mass is 10.3. The maximum absolute atomic E-state index is 3.50. The molecule has 2 rings (SSSR count). The number of hydrogen-bond acceptors (Lipinski definition) is 1. The molecule has 96 valence electrons. The van der Waals surface area contributed by atoms with E-state index in [1.165, 1.54) is 21.2 Å². The SMILES string of the molecule is CCCn1ccc(CNc2cc(Br)ccc2I)c1. The first kappa shape index (κ1) is 13.9. The molecule has 1 heterocycles. The van der Waals surface area contributed by atoms with Gasteiger partial charge in [0.2, 0.25) is 0 Å². The van der Waals surface area contributed by atoms with E-state index in [4.69, 9.17) is 0 Å². The highest BCUT2D eigenvalue weighted by molar-refractivity contribution is 14.1. The molecular weight excluding hydrogens is 403 g/mol. The Labute approximate surface area is 130 Å². The van der Waals surface area contributed by atoms with Gasteiger partial charge in [-0.25, -0.2) is 0 Å². The van der Waals surface area contributed by atoms with Gasteiger partial charge in [0.05, 0.1) is 0 Å². The molecule has 2 aromatic rings. The van der Waals surface area contributed by atoms with Crippen LogP contribution in [0, 0.1) is 3.57 Å². The number of rotatable bonds is 5. The molecule has 1 N–H and O–H groups in total. The van der Waals surface area contributed by atoms with Crippen molar-refractivity contribution >= 4 is 44.2 Å². The minimum absolute atomic E-state index is 0.864. The van der Waals surface area contributed by atoms with Crippen molar-refractivity contribution in [1.82, 2.24) is 4.57 Å². The maximum Gasteiger partial charge on any atom is 0.0489 e. The Morgan fingerprint density at radius 2 is 2.17 bits per heavy atom. The van der Waals surface area contributed by atoms with Crippen molar-refractivity contribution in [1.29, 1.82) is 0 Å². The van der Waals surface area contributed by atoms with E-state index in [1.54, 1.807) is 0 Å². The van der Waals surface area contributed by atoms with Crippen LogP contribution in [-0.2, 0) is 13.1 Å². The zero-order valence-electron chi connectivity index (χ0n) is 10.3. The maximum atomic E-state index is 3.50. The molecule has 18 heavy (non-hydrogen) atoms. The summed E-state index contributed by atoms with van der Waals surface area (Å²) in [5.41, 5.74) is 2.49. The van der Waals surface area contributed by atoms with Crippen LogP contribution in [0.4, 0.5) is 5.69 Å². The molecule has 0 aliphatic carbocycles. The Kier molecular flexibility index (Phi) is 5.12. The van der Waals surface area contributed by atoms with Crippen LogP contribution in [0.3, 0.4) is 0 Å². The molecule has 0 radical (unpaired) electrons. The number of hydrogen-bond donors (Lipinski definition) is 1. The summed E-state index contributed by atoms with van der Waals surface area (Å²) >= 11 is 5.85. The first-order valence-corrected chi connectivity index (χ1v) is 7.90. The summed E-state index contributed by atoms with van der Waals surface area (Å²) in [5.74, 6) is 0. The van der Waals surface area contributed by atoms with Gasteiger partial charge >= 0.3 is 0 Å². The fourth-order valence-corrected chi connectivity index (χ4v) is 2.71. The second kappa shape index (κ2) is 6.61. The second-order valence-corrected chi connectivity index (χ2v) is 6.31. The van der Waals surface area contributed by atoms with Crippen molar-refractivity contribution in [2.75, 3.05) is 5.32 Å². The third-order valence-corrected chi connectivity index (χ3v) is 4.14. The Balaban J connectivity index is 1.99. The van der Waals surface area contributed by atoms with Gasteiger partial charge in [-0.15, -0.1) is 0 Å². The lowest BCUT2D eigenvalue weighted by molar-refractivity contribution is 0.681. The predicted molar refractivity (Wildman–Crippen MR) is 88.9 cm³/mol. The fourth-order valence-electron chi connectivity index (χ4n) is 1.82. The van der Waals surface area contributed by atoms with E-state index >= 15 is 0 Å². The number of benzene rings is 1. The minimum atomic E-state index is 0.864. The quantitative estimate of drug-likeness (QED) is 0.685. The summed E-state index contributed by atoms with van der Waals surface area (Å²) in [7, 11) is 0. The Morgan fingerprint density at radius 3 is 2.94 bits per heavy atom. The van der Waals surface area contributed by atoms with Crippen molar-refractivity contribution < 1.29 is 0 Å². The van der Waals surface area contributed by atoms with Gasteiger partial charge in [-0.2, -0.15) is 0 Å². The highest BCUT2D eigenvalue weighted by Crippen LogP contribution is 2.23. The standard InChI is InChI=1S/C14H16BrIN2/c1-2-6-18-7-5-11(10-18)9-17-14-8-12(15)3-4-13(14)16/h3-5,7-8,10,17H,2,6,9H2,1H3. The smallest absolute Gasteiger partial charge is 0.0489 e. The van der Waals surface area contributed by atoms with Gasteiger partial charge in [-0.05, 0) is 58.8 Å². The van der Waals surface area contributed by atoms with Gasteiger partial charge in [0.1, 0.15) is 0 Å². The second-order valence-electron chi connectivity index (χ2n) is 4.24. The summed E-state index contributed by atoms with van der Waals surface area (Å²) in [6.45, 7) is 4.15. The van der Waals surface area contributed by atoms with Crippen LogP contribution in [0.1, 0.15) is 18.9 Å². The van der Waals surface area contributed by atoms with Crippen molar-refractivity contribution in [3.63, 3.8) is 0 Å². The van der Waals surface area contributed by atoms with Gasteiger partial charge in [0.15, 0.2) is 0 Å². The van der Waals surface area contributed by atoms with Crippen LogP contribution in [0.25, 0.3) is 0 Å². The van der Waals surface area contributed by atoms with Crippen LogP contribution in [0.2, 0.25) is 0 Å². The van der Waals surface area contributed by atoms with E-state index in [1.807, 2.05) is 0 Å². The molecule has 2 nitrogen and oxygen atoms in total. The largest absolute Gasteiger partial charge is 0.380 e. The molecule has 0 saturated heterocycles. The zero-order valence-corrected chi connectivity index (χ0v) is 14.0. The number of anilines is 1. The summed E-state index contributed by atoms with van der Waals surface area (Å²) in [6.07, 6.45) is 5.53. The summed E-state index contributed by atoms with van der Waals surface area (Å²) in [6, 6.07) is 8.46. The van der Waals surface area contributed by atoms with E-state index in [9.17, 15) is 0 Å². The lowest BCUT2D eigenvalue weighted by Crippen LogP contribution is -2.00. The normalized spacial score (nSPS) is 10.6. The Bertz CT molecular complexity index is 522. The molecular formula is C14H16BrIN2. The monoisotopic (exact) mass is 418 g/mol. The number of aromatic nitrogens is 1. The van der Waals surface area contributed by atoms with Crippen molar-refractivity contribution in [2.45, 2.75) is 26.4 Å². The van der Waals surface area contributed by atoms with Gasteiger partial charge in [0, 0.05) is 39.2 Å². The predicted octanol–water partition coefficient (Wildman–Crippen LogP) is 4.88. The topological polar surface area (TPSA) is 17.0 Å². The first-order valence-electron chi connectivity index (χ1n) is 6.02. The summed E-state index contributed by atoms with van der Waals surface area (Å²) in [4.78, 5) is 0. The van der Waals surface area contributed by atoms with E-state index < -0.39 is 0 Å². The van der Waals surface area contributed by atoms with Crippen molar-refractivity contribution in [3.8, 4) is 0 Å². The molecule has 1 aromatic carbocycles. The van der Waals surface area contributed by atoms with Crippen LogP contribution in [0.15, 0.2) is 41.1 Å². The minimum Gasteiger partial charge on any atom is -0.380 e. The number of aryl methyl sites for hydroxylation is 1. The van der Waals surface area contributed by atoms with Gasteiger partial charge in [0.25, 0.3) is 0 Å². The number of nitrogens with zero attached hydrogens (tertiary/aromatic N) is 1. The molecule has 1 aromatic heterocycles. The number of halogens is 2. The molecule has 0 aliphatic rings. The van der Waals surface area contributed by atoms with Gasteiger partial charge in [-0.1, -0.05) is 22.9 Å². The Morgan fingerprint density at radius 1 is 1.33 bits per heavy atom. The van der Waals surface area contributed by atoms with E-state index in [0.29, 0.717) is 0 Å². The van der Waals surface area contributed by atoms with Crippen LogP contribution >= 0.6 is 38.5 Å². The number of nitrogens with one attached hydrogen (secondary N) is 1. The third-order valence-electron chi connectivity index (χ3n) is 2.70. The van der Waals surface area contributed by atoms with Gasteiger partial charge in [-0.3, -0.25) is 0 Å².